The van der Waals surface area contributed by atoms with Gasteiger partial charge in [-0.25, -0.2) is 0 Å². The minimum absolute atomic E-state index is 0.0913. The fourth-order valence-electron chi connectivity index (χ4n) is 5.53. The second-order valence-corrected chi connectivity index (χ2v) is 13.6. The van der Waals surface area contributed by atoms with Crippen LogP contribution in [0.3, 0.4) is 0 Å². The zero-order chi connectivity index (χ0) is 36.5. The predicted molar refractivity (Wildman–Crippen MR) is 194 cm³/mol. The van der Waals surface area contributed by atoms with Crippen LogP contribution in [-0.2, 0) is 21.6 Å². The van der Waals surface area contributed by atoms with Crippen LogP contribution in [0.1, 0.15) is 127 Å². The molecule has 0 aliphatic carbocycles. The van der Waals surface area contributed by atoms with Gasteiger partial charge >= 0.3 is 0 Å². The van der Waals surface area contributed by atoms with E-state index in [1.54, 1.807) is 24.3 Å². The highest BCUT2D eigenvalue weighted by atomic mass is 16.6. The van der Waals surface area contributed by atoms with Gasteiger partial charge in [0.2, 0.25) is 5.91 Å². The van der Waals surface area contributed by atoms with Crippen LogP contribution >= 0.6 is 0 Å². The van der Waals surface area contributed by atoms with E-state index >= 15 is 0 Å². The van der Waals surface area contributed by atoms with E-state index in [1.165, 1.54) is 70.4 Å². The lowest BCUT2D eigenvalue weighted by molar-refractivity contribution is -0.384. The number of hydrogen-bond acceptors (Lipinski definition) is 8. The molecule has 3 aromatic rings. The average Bonchev–Trinajstić information content (AvgIpc) is 3.41. The first kappa shape index (κ1) is 40.0. The first-order valence-corrected chi connectivity index (χ1v) is 17.8. The van der Waals surface area contributed by atoms with Gasteiger partial charge in [-0.05, 0) is 49.2 Å². The Morgan fingerprint density at radius 1 is 0.900 bits per heavy atom. The number of unbranched alkanes of at least 4 members (excludes halogenated alkanes) is 9. The van der Waals surface area contributed by atoms with Crippen molar-refractivity contribution in [3.05, 3.63) is 79.8 Å². The van der Waals surface area contributed by atoms with Gasteiger partial charge in [0.15, 0.2) is 11.4 Å². The molecule has 2 amide bonds. The fourth-order valence-corrected chi connectivity index (χ4v) is 5.53. The largest absolute Gasteiger partial charge is 0.489 e. The third-order valence-electron chi connectivity index (χ3n) is 8.18. The topological polar surface area (TPSA) is 155 Å². The normalized spacial score (nSPS) is 11.4. The van der Waals surface area contributed by atoms with Gasteiger partial charge < -0.3 is 24.6 Å². The molecule has 0 saturated carbocycles. The Bertz CT molecular complexity index is 1590. The molecule has 0 spiro atoms. The molecule has 2 N–H and O–H groups in total. The number of carbonyl (C=O) groups excluding carboxylic acids is 2. The Hall–Kier alpha value is -4.45. The van der Waals surface area contributed by atoms with Gasteiger partial charge in [0.1, 0.15) is 12.4 Å². The Labute approximate surface area is 295 Å². The quantitative estimate of drug-likeness (QED) is 0.0605. The molecule has 12 nitrogen and oxygen atoms in total. The van der Waals surface area contributed by atoms with E-state index in [0.29, 0.717) is 43.4 Å². The average molecular weight is 695 g/mol. The summed E-state index contributed by atoms with van der Waals surface area (Å²) in [5.74, 6) is 0.0950. The minimum atomic E-state index is -0.647. The lowest BCUT2D eigenvalue weighted by Crippen LogP contribution is -2.25. The predicted octanol–water partition coefficient (Wildman–Crippen LogP) is 8.23. The number of carbonyl (C=O) groups is 2. The molecule has 50 heavy (non-hydrogen) atoms. The highest BCUT2D eigenvalue weighted by Gasteiger charge is 2.31. The number of ether oxygens (including phenoxy) is 2. The maximum absolute atomic E-state index is 13.6. The summed E-state index contributed by atoms with van der Waals surface area (Å²) in [6.07, 6.45) is 13.3. The van der Waals surface area contributed by atoms with Gasteiger partial charge in [0.05, 0.1) is 10.5 Å². The molecule has 0 unspecified atom stereocenters. The van der Waals surface area contributed by atoms with Gasteiger partial charge in [-0.15, -0.1) is 4.74 Å². The second kappa shape index (κ2) is 20.3. The van der Waals surface area contributed by atoms with Crippen molar-refractivity contribution in [2.45, 2.75) is 117 Å². The molecular weight excluding hydrogens is 640 g/mol. The van der Waals surface area contributed by atoms with Crippen molar-refractivity contribution < 1.29 is 28.5 Å². The Morgan fingerprint density at radius 3 is 2.12 bits per heavy atom. The van der Waals surface area contributed by atoms with E-state index in [-0.39, 0.29) is 29.3 Å². The minimum Gasteiger partial charge on any atom is -0.489 e. The van der Waals surface area contributed by atoms with E-state index in [4.69, 9.17) is 14.0 Å². The van der Waals surface area contributed by atoms with Gasteiger partial charge in [-0.3, -0.25) is 24.5 Å². The van der Waals surface area contributed by atoms with Crippen LogP contribution in [0.15, 0.2) is 51.8 Å². The van der Waals surface area contributed by atoms with Crippen LogP contribution < -0.4 is 20.9 Å². The van der Waals surface area contributed by atoms with Crippen molar-refractivity contribution in [3.63, 3.8) is 0 Å². The van der Waals surface area contributed by atoms with E-state index in [0.717, 1.165) is 23.6 Å². The summed E-state index contributed by atoms with van der Waals surface area (Å²) in [7, 11) is 0. The summed E-state index contributed by atoms with van der Waals surface area (Å²) in [4.78, 5) is 49.3. The molecule has 0 atom stereocenters. The first-order valence-electron chi connectivity index (χ1n) is 17.8. The van der Waals surface area contributed by atoms with Crippen LogP contribution in [-0.4, -0.2) is 41.2 Å². The molecule has 0 aliphatic rings. The van der Waals surface area contributed by atoms with Crippen molar-refractivity contribution in [2.24, 2.45) is 0 Å². The molecule has 2 aromatic carbocycles. The summed E-state index contributed by atoms with van der Waals surface area (Å²) >= 11 is 0. The SMILES string of the molecule is CCCCCCCCCCCCOCCCNC(=O)c1ccc(-n2oc(C(C)(C)C)c(COc3ccc(NC(C)=O)cc3)c2=O)c([N+](=O)[O-])c1. The fraction of sp³-hybridized carbons (Fsp3) is 0.553. The number of nitro benzene ring substituents is 1. The van der Waals surface area contributed by atoms with E-state index in [1.807, 2.05) is 20.8 Å². The van der Waals surface area contributed by atoms with Crippen LogP contribution in [0.5, 0.6) is 5.75 Å². The van der Waals surface area contributed by atoms with Crippen molar-refractivity contribution in [1.29, 1.82) is 0 Å². The van der Waals surface area contributed by atoms with E-state index in [2.05, 4.69) is 17.6 Å². The monoisotopic (exact) mass is 694 g/mol. The van der Waals surface area contributed by atoms with Gasteiger partial charge in [0.25, 0.3) is 17.2 Å². The van der Waals surface area contributed by atoms with Crippen molar-refractivity contribution in [3.8, 4) is 11.4 Å². The van der Waals surface area contributed by atoms with Crippen molar-refractivity contribution in [2.75, 3.05) is 25.1 Å². The third-order valence-corrected chi connectivity index (χ3v) is 8.18. The zero-order valence-electron chi connectivity index (χ0n) is 30.3. The summed E-state index contributed by atoms with van der Waals surface area (Å²) in [6, 6.07) is 10.6. The van der Waals surface area contributed by atoms with Crippen LogP contribution in [0, 0.1) is 10.1 Å². The summed E-state index contributed by atoms with van der Waals surface area (Å²) in [6.45, 7) is 10.6. The number of amides is 2. The van der Waals surface area contributed by atoms with Gasteiger partial charge in [-0.2, -0.15) is 0 Å². The standard InChI is InChI=1S/C38H54N4O8/c1-6-7-8-9-10-11-12-13-14-15-24-48-25-16-23-39-36(44)29-17-22-33(34(26-29)42(46)47)41-37(45)32(35(50-41)38(3,4)5)27-49-31-20-18-30(19-21-31)40-28(2)43/h17-22,26H,6-16,23-25,27H2,1-5H3,(H,39,44)(H,40,43). The third kappa shape index (κ3) is 12.8. The maximum Gasteiger partial charge on any atom is 0.297 e. The van der Waals surface area contributed by atoms with Crippen LogP contribution in [0.4, 0.5) is 11.4 Å². The van der Waals surface area contributed by atoms with Crippen molar-refractivity contribution in [1.82, 2.24) is 10.1 Å². The molecule has 12 heteroatoms. The number of nitro groups is 1. The molecule has 0 aliphatic heterocycles. The molecule has 0 bridgehead atoms. The highest BCUT2D eigenvalue weighted by Crippen LogP contribution is 2.30. The number of nitrogens with one attached hydrogen (secondary N) is 2. The molecule has 0 radical (unpaired) electrons. The zero-order valence-corrected chi connectivity index (χ0v) is 30.3. The molecule has 274 valence electrons. The summed E-state index contributed by atoms with van der Waals surface area (Å²) < 4.78 is 18.4. The lowest BCUT2D eigenvalue weighted by Gasteiger charge is -2.16. The first-order chi connectivity index (χ1) is 23.9. The number of aromatic nitrogens is 1. The summed E-state index contributed by atoms with van der Waals surface area (Å²) in [5, 5.41) is 17.6. The number of rotatable bonds is 22. The number of nitrogens with zero attached hydrogens (tertiary/aromatic N) is 2. The van der Waals surface area contributed by atoms with Gasteiger partial charge in [0, 0.05) is 49.4 Å². The number of anilines is 1. The summed E-state index contributed by atoms with van der Waals surface area (Å²) in [5.41, 5.74) is -0.905. The molecule has 1 heterocycles. The van der Waals surface area contributed by atoms with Crippen LogP contribution in [0.2, 0.25) is 0 Å². The molecule has 1 aromatic heterocycles. The second-order valence-electron chi connectivity index (χ2n) is 13.6. The molecule has 3 rings (SSSR count). The van der Waals surface area contributed by atoms with Crippen molar-refractivity contribution >= 4 is 23.2 Å². The highest BCUT2D eigenvalue weighted by molar-refractivity contribution is 5.95. The number of hydrogen-bond donors (Lipinski definition) is 2. The Morgan fingerprint density at radius 2 is 1.52 bits per heavy atom. The Kier molecular flexibility index (Phi) is 16.2. The lowest BCUT2D eigenvalue weighted by atomic mass is 9.91. The van der Waals surface area contributed by atoms with E-state index in [9.17, 15) is 24.5 Å². The maximum atomic E-state index is 13.6. The molecular formula is C38H54N4O8. The Balaban J connectivity index is 1.55. The molecule has 0 fully saturated rings. The van der Waals surface area contributed by atoms with E-state index < -0.39 is 27.5 Å². The molecule has 0 saturated heterocycles. The van der Waals surface area contributed by atoms with Crippen LogP contribution in [0.25, 0.3) is 5.69 Å². The number of benzene rings is 2. The smallest absolute Gasteiger partial charge is 0.297 e. The van der Waals surface area contributed by atoms with Gasteiger partial charge in [-0.1, -0.05) is 85.5 Å².